The van der Waals surface area contributed by atoms with Gasteiger partial charge in [-0.3, -0.25) is 9.69 Å². The van der Waals surface area contributed by atoms with Crippen molar-refractivity contribution in [3.8, 4) is 0 Å². The number of esters is 1. The molecule has 0 unspecified atom stereocenters. The number of rotatable bonds is 8. The highest BCUT2D eigenvalue weighted by Crippen LogP contribution is 2.18. The SMILES string of the molecule is COC(=O)[C@@H](CCO)N(C)C(=O)[C@H](CC(C)C)N(C)C(=O)OC(C)(C)C. The molecule has 152 valence electrons. The van der Waals surface area contributed by atoms with E-state index in [4.69, 9.17) is 9.47 Å². The lowest BCUT2D eigenvalue weighted by Gasteiger charge is -2.35. The number of hydrogen-bond acceptors (Lipinski definition) is 6. The van der Waals surface area contributed by atoms with Crippen molar-refractivity contribution in [3.05, 3.63) is 0 Å². The monoisotopic (exact) mass is 374 g/mol. The molecule has 0 aliphatic rings. The standard InChI is InChI=1S/C18H34N2O6/c1-12(2)11-14(20(7)17(24)26-18(3,4)5)15(22)19(6)13(9-10-21)16(23)25-8/h12-14,21H,9-11H2,1-8H3/t13-,14+/m1/s1. The molecule has 0 aliphatic carbocycles. The van der Waals surface area contributed by atoms with Gasteiger partial charge in [-0.1, -0.05) is 13.8 Å². The highest BCUT2D eigenvalue weighted by Gasteiger charge is 2.36. The molecule has 0 aromatic carbocycles. The molecule has 0 rings (SSSR count). The van der Waals surface area contributed by atoms with Gasteiger partial charge in [0.15, 0.2) is 0 Å². The van der Waals surface area contributed by atoms with E-state index in [0.717, 1.165) is 0 Å². The molecule has 0 radical (unpaired) electrons. The first kappa shape index (κ1) is 24.2. The van der Waals surface area contributed by atoms with Gasteiger partial charge < -0.3 is 19.5 Å². The minimum absolute atomic E-state index is 0.0550. The van der Waals surface area contributed by atoms with Crippen molar-refractivity contribution in [2.75, 3.05) is 27.8 Å². The molecule has 0 saturated carbocycles. The molecule has 0 bridgehead atoms. The van der Waals surface area contributed by atoms with Crippen molar-refractivity contribution in [3.63, 3.8) is 0 Å². The van der Waals surface area contributed by atoms with Crippen molar-refractivity contribution >= 4 is 18.0 Å². The summed E-state index contributed by atoms with van der Waals surface area (Å²) in [4.78, 5) is 39.9. The van der Waals surface area contributed by atoms with Gasteiger partial charge in [-0.15, -0.1) is 0 Å². The number of carbonyl (C=O) groups is 3. The van der Waals surface area contributed by atoms with Crippen LogP contribution in [-0.4, -0.2) is 78.4 Å². The number of ether oxygens (including phenoxy) is 2. The van der Waals surface area contributed by atoms with E-state index in [1.54, 1.807) is 20.8 Å². The fourth-order valence-electron chi connectivity index (χ4n) is 2.45. The minimum atomic E-state index is -0.917. The van der Waals surface area contributed by atoms with Crippen LogP contribution in [0.5, 0.6) is 0 Å². The Morgan fingerprint density at radius 2 is 1.58 bits per heavy atom. The van der Waals surface area contributed by atoms with Crippen LogP contribution in [0, 0.1) is 5.92 Å². The van der Waals surface area contributed by atoms with E-state index in [-0.39, 0.29) is 18.9 Å². The molecule has 0 aromatic heterocycles. The van der Waals surface area contributed by atoms with Gasteiger partial charge in [0.1, 0.15) is 17.7 Å². The molecule has 2 atom stereocenters. The zero-order valence-electron chi connectivity index (χ0n) is 17.2. The predicted molar refractivity (Wildman–Crippen MR) is 97.5 cm³/mol. The van der Waals surface area contributed by atoms with E-state index in [9.17, 15) is 19.5 Å². The predicted octanol–water partition coefficient (Wildman–Crippen LogP) is 1.65. The van der Waals surface area contributed by atoms with E-state index < -0.39 is 35.7 Å². The van der Waals surface area contributed by atoms with E-state index in [1.807, 2.05) is 13.8 Å². The summed E-state index contributed by atoms with van der Waals surface area (Å²) < 4.78 is 10.1. The normalized spacial score (nSPS) is 13.8. The number of methoxy groups -OCH3 is 1. The van der Waals surface area contributed by atoms with Crippen LogP contribution in [0.1, 0.15) is 47.5 Å². The Kier molecular flexibility index (Phi) is 9.62. The van der Waals surface area contributed by atoms with Crippen molar-refractivity contribution in [2.45, 2.75) is 65.1 Å². The number of aliphatic hydroxyl groups is 1. The van der Waals surface area contributed by atoms with Crippen LogP contribution in [0.25, 0.3) is 0 Å². The maximum atomic E-state index is 13.0. The minimum Gasteiger partial charge on any atom is -0.467 e. The van der Waals surface area contributed by atoms with Crippen LogP contribution in [0.3, 0.4) is 0 Å². The van der Waals surface area contributed by atoms with E-state index in [2.05, 4.69) is 0 Å². The second kappa shape index (κ2) is 10.4. The van der Waals surface area contributed by atoms with Crippen LogP contribution < -0.4 is 0 Å². The Bertz CT molecular complexity index is 487. The van der Waals surface area contributed by atoms with Gasteiger partial charge in [0.05, 0.1) is 7.11 Å². The first-order valence-electron chi connectivity index (χ1n) is 8.76. The lowest BCUT2D eigenvalue weighted by molar-refractivity contribution is -0.154. The van der Waals surface area contributed by atoms with Gasteiger partial charge in [-0.25, -0.2) is 9.59 Å². The van der Waals surface area contributed by atoms with Crippen LogP contribution in [0.2, 0.25) is 0 Å². The lowest BCUT2D eigenvalue weighted by Crippen LogP contribution is -2.54. The van der Waals surface area contributed by atoms with E-state index >= 15 is 0 Å². The van der Waals surface area contributed by atoms with Gasteiger partial charge in [-0.05, 0) is 33.1 Å². The lowest BCUT2D eigenvalue weighted by atomic mass is 10.0. The summed E-state index contributed by atoms with van der Waals surface area (Å²) in [5, 5.41) is 9.19. The molecule has 0 saturated heterocycles. The molecule has 8 heteroatoms. The van der Waals surface area contributed by atoms with E-state index in [0.29, 0.717) is 6.42 Å². The van der Waals surface area contributed by atoms with Gasteiger partial charge in [-0.2, -0.15) is 0 Å². The number of likely N-dealkylation sites (N-methyl/N-ethyl adjacent to an activating group) is 2. The molecule has 26 heavy (non-hydrogen) atoms. The molecule has 0 heterocycles. The average Bonchev–Trinajstić information content (AvgIpc) is 2.53. The summed E-state index contributed by atoms with van der Waals surface area (Å²) in [5.74, 6) is -0.884. The summed E-state index contributed by atoms with van der Waals surface area (Å²) >= 11 is 0. The number of hydrogen-bond donors (Lipinski definition) is 1. The summed E-state index contributed by atoms with van der Waals surface area (Å²) in [6, 6.07) is -1.71. The zero-order valence-corrected chi connectivity index (χ0v) is 17.2. The zero-order chi connectivity index (χ0) is 20.7. The quantitative estimate of drug-likeness (QED) is 0.649. The van der Waals surface area contributed by atoms with Gasteiger partial charge >= 0.3 is 12.1 Å². The smallest absolute Gasteiger partial charge is 0.410 e. The van der Waals surface area contributed by atoms with Crippen LogP contribution in [0.4, 0.5) is 4.79 Å². The number of amides is 2. The van der Waals surface area contributed by atoms with Gasteiger partial charge in [0, 0.05) is 27.1 Å². The first-order valence-corrected chi connectivity index (χ1v) is 8.76. The fraction of sp³-hybridized carbons (Fsp3) is 0.833. The summed E-state index contributed by atoms with van der Waals surface area (Å²) in [5.41, 5.74) is -0.686. The molecule has 0 aromatic rings. The van der Waals surface area contributed by atoms with Crippen molar-refractivity contribution in [1.82, 2.24) is 9.80 Å². The third kappa shape index (κ3) is 7.59. The number of nitrogens with zero attached hydrogens (tertiary/aromatic N) is 2. The molecular formula is C18H34N2O6. The Morgan fingerprint density at radius 1 is 1.04 bits per heavy atom. The van der Waals surface area contributed by atoms with Crippen LogP contribution in [0.15, 0.2) is 0 Å². The van der Waals surface area contributed by atoms with Crippen molar-refractivity contribution < 1.29 is 29.0 Å². The summed E-state index contributed by atoms with van der Waals surface area (Å²) in [6.45, 7) is 8.85. The summed E-state index contributed by atoms with van der Waals surface area (Å²) in [6.07, 6.45) is -0.146. The second-order valence-electron chi connectivity index (χ2n) is 7.74. The average molecular weight is 374 g/mol. The van der Waals surface area contributed by atoms with E-state index in [1.165, 1.54) is 31.0 Å². The van der Waals surface area contributed by atoms with Crippen LogP contribution >= 0.6 is 0 Å². The molecule has 1 N–H and O–H groups in total. The Labute approximate surface area is 156 Å². The largest absolute Gasteiger partial charge is 0.467 e. The summed E-state index contributed by atoms with van der Waals surface area (Å²) in [7, 11) is 4.20. The molecule has 0 fully saturated rings. The third-order valence-electron chi connectivity index (χ3n) is 3.82. The number of carbonyl (C=O) groups excluding carboxylic acids is 3. The van der Waals surface area contributed by atoms with Crippen molar-refractivity contribution in [2.24, 2.45) is 5.92 Å². The maximum Gasteiger partial charge on any atom is 0.410 e. The first-order chi connectivity index (χ1) is 11.9. The van der Waals surface area contributed by atoms with Gasteiger partial charge in [0.2, 0.25) is 5.91 Å². The molecule has 8 nitrogen and oxygen atoms in total. The van der Waals surface area contributed by atoms with Crippen LogP contribution in [-0.2, 0) is 19.1 Å². The Morgan fingerprint density at radius 3 is 1.96 bits per heavy atom. The molecule has 0 aliphatic heterocycles. The highest BCUT2D eigenvalue weighted by atomic mass is 16.6. The number of aliphatic hydroxyl groups excluding tert-OH is 1. The molecule has 2 amide bonds. The molecule has 0 spiro atoms. The topological polar surface area (TPSA) is 96.4 Å². The fourth-order valence-corrected chi connectivity index (χ4v) is 2.45. The third-order valence-corrected chi connectivity index (χ3v) is 3.82. The maximum absolute atomic E-state index is 13.0. The molecular weight excluding hydrogens is 340 g/mol. The Balaban J connectivity index is 5.52. The second-order valence-corrected chi connectivity index (χ2v) is 7.74. The Hall–Kier alpha value is -1.83. The van der Waals surface area contributed by atoms with Crippen molar-refractivity contribution in [1.29, 1.82) is 0 Å². The van der Waals surface area contributed by atoms with Gasteiger partial charge in [0.25, 0.3) is 0 Å². The highest BCUT2D eigenvalue weighted by molar-refractivity contribution is 5.89.